The zero-order chi connectivity index (χ0) is 21.3. The second-order valence-corrected chi connectivity index (χ2v) is 6.19. The highest BCUT2D eigenvalue weighted by molar-refractivity contribution is 6.03. The molecule has 0 radical (unpaired) electrons. The molecular formula is C19H14F3N5O3. The molecule has 154 valence electrons. The summed E-state index contributed by atoms with van der Waals surface area (Å²) in [5, 5.41) is 2.44. The molecule has 0 saturated heterocycles. The summed E-state index contributed by atoms with van der Waals surface area (Å²) in [6.45, 7) is -0.107. The third-order valence-electron chi connectivity index (χ3n) is 4.13. The van der Waals surface area contributed by atoms with Crippen LogP contribution in [0.2, 0.25) is 0 Å². The van der Waals surface area contributed by atoms with Crippen molar-refractivity contribution >= 4 is 23.4 Å². The Labute approximate surface area is 168 Å². The minimum Gasteiger partial charge on any atom is -0.470 e. The number of hydrogen-bond acceptors (Lipinski definition) is 6. The van der Waals surface area contributed by atoms with Gasteiger partial charge in [-0.25, -0.2) is 9.78 Å². The highest BCUT2D eigenvalue weighted by Crippen LogP contribution is 2.38. The van der Waals surface area contributed by atoms with Gasteiger partial charge in [-0.05, 0) is 30.3 Å². The summed E-state index contributed by atoms with van der Waals surface area (Å²) in [6.07, 6.45) is -3.06. The summed E-state index contributed by atoms with van der Waals surface area (Å²) in [4.78, 5) is 21.5. The van der Waals surface area contributed by atoms with E-state index >= 15 is 0 Å². The fourth-order valence-corrected chi connectivity index (χ4v) is 2.77. The van der Waals surface area contributed by atoms with E-state index in [2.05, 4.69) is 15.3 Å². The van der Waals surface area contributed by atoms with Gasteiger partial charge in [0.15, 0.2) is 6.73 Å². The van der Waals surface area contributed by atoms with Crippen molar-refractivity contribution in [3.8, 4) is 17.4 Å². The van der Waals surface area contributed by atoms with Gasteiger partial charge in [0.05, 0.1) is 11.3 Å². The van der Waals surface area contributed by atoms with Gasteiger partial charge in [0.1, 0.15) is 11.5 Å². The first-order chi connectivity index (χ1) is 14.3. The molecule has 1 aliphatic heterocycles. The molecule has 0 fully saturated rings. The molecule has 8 nitrogen and oxygen atoms in total. The van der Waals surface area contributed by atoms with Crippen molar-refractivity contribution in [2.75, 3.05) is 22.7 Å². The van der Waals surface area contributed by atoms with Gasteiger partial charge in [0, 0.05) is 24.0 Å². The van der Waals surface area contributed by atoms with Gasteiger partial charge in [-0.15, -0.1) is 0 Å². The van der Waals surface area contributed by atoms with E-state index in [0.717, 1.165) is 12.1 Å². The van der Waals surface area contributed by atoms with E-state index in [1.54, 1.807) is 18.2 Å². The smallest absolute Gasteiger partial charge is 0.416 e. The maximum absolute atomic E-state index is 12.8. The number of rotatable bonds is 3. The van der Waals surface area contributed by atoms with Gasteiger partial charge in [-0.2, -0.15) is 18.2 Å². The SMILES string of the molecule is Nc1nccc(Oc2ccc3c(c2)OCN3C(=O)Nc2cccc(C(F)(F)F)c2)n1. The molecule has 0 bridgehead atoms. The zero-order valence-electron chi connectivity index (χ0n) is 15.2. The lowest BCUT2D eigenvalue weighted by atomic mass is 10.2. The number of alkyl halides is 3. The van der Waals surface area contributed by atoms with E-state index in [1.807, 2.05) is 0 Å². The number of nitrogens with two attached hydrogens (primary N) is 1. The standard InChI is InChI=1S/C19H14F3N5O3/c20-19(21,22)11-2-1-3-12(8-11)25-18(28)27-10-29-15-9-13(4-5-14(15)27)30-16-6-7-24-17(23)26-16/h1-9H,10H2,(H,25,28)(H2,23,24,26). The zero-order valence-corrected chi connectivity index (χ0v) is 15.2. The number of halogens is 3. The summed E-state index contributed by atoms with van der Waals surface area (Å²) < 4.78 is 49.6. The molecule has 11 heteroatoms. The van der Waals surface area contributed by atoms with Crippen LogP contribution in [0, 0.1) is 0 Å². The predicted octanol–water partition coefficient (Wildman–Crippen LogP) is 4.26. The molecule has 1 aromatic heterocycles. The molecule has 0 aliphatic carbocycles. The first-order valence-electron chi connectivity index (χ1n) is 8.58. The fourth-order valence-electron chi connectivity index (χ4n) is 2.77. The van der Waals surface area contributed by atoms with E-state index in [1.165, 1.54) is 29.3 Å². The summed E-state index contributed by atoms with van der Waals surface area (Å²) in [7, 11) is 0. The van der Waals surface area contributed by atoms with Crippen LogP contribution in [0.3, 0.4) is 0 Å². The van der Waals surface area contributed by atoms with Gasteiger partial charge < -0.3 is 20.5 Å². The van der Waals surface area contributed by atoms with Crippen LogP contribution in [0.15, 0.2) is 54.7 Å². The van der Waals surface area contributed by atoms with E-state index in [-0.39, 0.29) is 24.2 Å². The monoisotopic (exact) mass is 417 g/mol. The van der Waals surface area contributed by atoms with Crippen molar-refractivity contribution in [2.45, 2.75) is 6.18 Å². The van der Waals surface area contributed by atoms with Crippen LogP contribution in [0.4, 0.5) is 35.3 Å². The summed E-state index contributed by atoms with van der Waals surface area (Å²) in [5.74, 6) is 1.06. The maximum atomic E-state index is 12.8. The third-order valence-corrected chi connectivity index (χ3v) is 4.13. The van der Waals surface area contributed by atoms with Crippen LogP contribution in [-0.2, 0) is 6.18 Å². The number of urea groups is 1. The lowest BCUT2D eigenvalue weighted by Gasteiger charge is -2.16. The molecular weight excluding hydrogens is 403 g/mol. The van der Waals surface area contributed by atoms with Gasteiger partial charge in [0.2, 0.25) is 11.8 Å². The fraction of sp³-hybridized carbons (Fsp3) is 0.105. The molecule has 2 heterocycles. The van der Waals surface area contributed by atoms with Crippen LogP contribution < -0.4 is 25.4 Å². The van der Waals surface area contributed by atoms with Crippen molar-refractivity contribution in [3.05, 3.63) is 60.3 Å². The van der Waals surface area contributed by atoms with Crippen molar-refractivity contribution in [1.29, 1.82) is 0 Å². The van der Waals surface area contributed by atoms with Crippen molar-refractivity contribution < 1.29 is 27.4 Å². The Bertz CT molecular complexity index is 1110. The van der Waals surface area contributed by atoms with Crippen molar-refractivity contribution in [2.24, 2.45) is 0 Å². The Morgan fingerprint density at radius 2 is 2.03 bits per heavy atom. The molecule has 2 amide bonds. The summed E-state index contributed by atoms with van der Waals surface area (Å²) >= 11 is 0. The number of nitrogens with one attached hydrogen (secondary N) is 1. The Morgan fingerprint density at radius 1 is 1.20 bits per heavy atom. The lowest BCUT2D eigenvalue weighted by Crippen LogP contribution is -2.34. The number of aromatic nitrogens is 2. The average molecular weight is 417 g/mol. The number of amides is 2. The number of nitrogen functional groups attached to an aromatic ring is 1. The average Bonchev–Trinajstić information content (AvgIpc) is 3.11. The number of hydrogen-bond donors (Lipinski definition) is 2. The van der Waals surface area contributed by atoms with Gasteiger partial charge in [-0.3, -0.25) is 4.90 Å². The van der Waals surface area contributed by atoms with E-state index in [4.69, 9.17) is 15.2 Å². The minimum atomic E-state index is -4.51. The Hall–Kier alpha value is -4.02. The molecule has 0 saturated carbocycles. The van der Waals surface area contributed by atoms with Gasteiger partial charge >= 0.3 is 12.2 Å². The Balaban J connectivity index is 1.49. The number of carbonyl (C=O) groups excluding carboxylic acids is 1. The van der Waals surface area contributed by atoms with Crippen LogP contribution in [-0.4, -0.2) is 22.7 Å². The number of nitrogens with zero attached hydrogens (tertiary/aromatic N) is 3. The number of benzene rings is 2. The topological polar surface area (TPSA) is 103 Å². The van der Waals surface area contributed by atoms with E-state index < -0.39 is 17.8 Å². The Morgan fingerprint density at radius 3 is 2.80 bits per heavy atom. The highest BCUT2D eigenvalue weighted by Gasteiger charge is 2.31. The summed E-state index contributed by atoms with van der Waals surface area (Å²) in [5.41, 5.74) is 5.11. The summed E-state index contributed by atoms with van der Waals surface area (Å²) in [6, 6.07) is 10.0. The second-order valence-electron chi connectivity index (χ2n) is 6.19. The molecule has 2 aromatic carbocycles. The quantitative estimate of drug-likeness (QED) is 0.660. The number of fused-ring (bicyclic) bond motifs is 1. The molecule has 3 N–H and O–H groups in total. The third kappa shape index (κ3) is 4.04. The normalized spacial score (nSPS) is 12.8. The minimum absolute atomic E-state index is 0.0181. The molecule has 30 heavy (non-hydrogen) atoms. The first kappa shape index (κ1) is 19.3. The largest absolute Gasteiger partial charge is 0.470 e. The first-order valence-corrected chi connectivity index (χ1v) is 8.58. The van der Waals surface area contributed by atoms with Crippen LogP contribution >= 0.6 is 0 Å². The van der Waals surface area contributed by atoms with E-state index in [0.29, 0.717) is 17.2 Å². The van der Waals surface area contributed by atoms with Gasteiger partial charge in [0.25, 0.3) is 0 Å². The van der Waals surface area contributed by atoms with Crippen LogP contribution in [0.1, 0.15) is 5.56 Å². The second kappa shape index (κ2) is 7.43. The van der Waals surface area contributed by atoms with E-state index in [9.17, 15) is 18.0 Å². The molecule has 0 unspecified atom stereocenters. The lowest BCUT2D eigenvalue weighted by molar-refractivity contribution is -0.137. The van der Waals surface area contributed by atoms with Gasteiger partial charge in [-0.1, -0.05) is 6.07 Å². The molecule has 1 aliphatic rings. The number of carbonyl (C=O) groups is 1. The molecule has 4 rings (SSSR count). The predicted molar refractivity (Wildman–Crippen MR) is 101 cm³/mol. The Kier molecular flexibility index (Phi) is 4.78. The van der Waals surface area contributed by atoms with Crippen LogP contribution in [0.25, 0.3) is 0 Å². The van der Waals surface area contributed by atoms with Crippen molar-refractivity contribution in [3.63, 3.8) is 0 Å². The number of ether oxygens (including phenoxy) is 2. The number of anilines is 3. The highest BCUT2D eigenvalue weighted by atomic mass is 19.4. The molecule has 0 spiro atoms. The van der Waals surface area contributed by atoms with Crippen molar-refractivity contribution in [1.82, 2.24) is 9.97 Å². The molecule has 3 aromatic rings. The maximum Gasteiger partial charge on any atom is 0.416 e. The molecule has 0 atom stereocenters. The van der Waals surface area contributed by atoms with Crippen LogP contribution in [0.5, 0.6) is 17.4 Å².